The van der Waals surface area contributed by atoms with Crippen LogP contribution in [0.25, 0.3) is 0 Å². The van der Waals surface area contributed by atoms with Gasteiger partial charge >= 0.3 is 0 Å². The second kappa shape index (κ2) is 5.45. The van der Waals surface area contributed by atoms with Crippen LogP contribution in [0.4, 0.5) is 0 Å². The number of ether oxygens (including phenoxy) is 1. The molecule has 0 spiro atoms. The number of carbonyl (C=O) groups is 1. The number of hydrogen-bond donors (Lipinski definition) is 0. The lowest BCUT2D eigenvalue weighted by Crippen LogP contribution is -2.28. The highest BCUT2D eigenvalue weighted by Crippen LogP contribution is 2.39. The largest absolute Gasteiger partial charge is 0.497 e. The quantitative estimate of drug-likeness (QED) is 0.824. The number of nitrogens with zero attached hydrogens (tertiary/aromatic N) is 1. The molecule has 4 heteroatoms. The first kappa shape index (κ1) is 12.3. The van der Waals surface area contributed by atoms with Crippen LogP contribution in [0.5, 0.6) is 5.75 Å². The van der Waals surface area contributed by atoms with Crippen LogP contribution in [-0.4, -0.2) is 30.2 Å². The molecular weight excluding hydrogens is 234 g/mol. The Bertz CT molecular complexity index is 408. The maximum Gasteiger partial charge on any atom is 0.233 e. The van der Waals surface area contributed by atoms with Gasteiger partial charge in [-0.15, -0.1) is 11.8 Å². The summed E-state index contributed by atoms with van der Waals surface area (Å²) in [5.41, 5.74) is 1.15. The van der Waals surface area contributed by atoms with Crippen molar-refractivity contribution in [3.8, 4) is 5.75 Å². The van der Waals surface area contributed by atoms with Gasteiger partial charge in [-0.25, -0.2) is 0 Å². The zero-order valence-corrected chi connectivity index (χ0v) is 11.0. The number of amides is 1. The Hall–Kier alpha value is -1.16. The number of methoxy groups -OCH3 is 1. The molecule has 1 saturated heterocycles. The van der Waals surface area contributed by atoms with E-state index in [-0.39, 0.29) is 11.3 Å². The molecule has 0 N–H and O–H groups in total. The van der Waals surface area contributed by atoms with Crippen LogP contribution in [0.1, 0.15) is 24.3 Å². The predicted molar refractivity (Wildman–Crippen MR) is 70.2 cm³/mol. The Morgan fingerprint density at radius 2 is 2.35 bits per heavy atom. The number of benzene rings is 1. The smallest absolute Gasteiger partial charge is 0.233 e. The molecule has 1 unspecified atom stereocenters. The zero-order valence-electron chi connectivity index (χ0n) is 10.2. The maximum absolute atomic E-state index is 11.8. The van der Waals surface area contributed by atoms with E-state index in [0.717, 1.165) is 24.3 Å². The summed E-state index contributed by atoms with van der Waals surface area (Å²) in [6.45, 7) is 2.92. The average Bonchev–Trinajstić information content (AvgIpc) is 2.72. The van der Waals surface area contributed by atoms with Crippen LogP contribution < -0.4 is 4.74 Å². The topological polar surface area (TPSA) is 29.5 Å². The Kier molecular flexibility index (Phi) is 3.94. The van der Waals surface area contributed by atoms with Crippen molar-refractivity contribution >= 4 is 17.7 Å². The SMILES string of the molecule is CCCN1C(=O)CSC1c1cccc(OC)c1. The number of thioether (sulfide) groups is 1. The molecule has 1 aromatic rings. The van der Waals surface area contributed by atoms with Crippen molar-refractivity contribution in [1.29, 1.82) is 0 Å². The Morgan fingerprint density at radius 1 is 1.53 bits per heavy atom. The summed E-state index contributed by atoms with van der Waals surface area (Å²) in [5, 5.41) is 0.151. The molecule has 0 bridgehead atoms. The average molecular weight is 251 g/mol. The van der Waals surface area contributed by atoms with E-state index in [1.165, 1.54) is 0 Å². The minimum absolute atomic E-state index is 0.151. The van der Waals surface area contributed by atoms with Crippen molar-refractivity contribution in [3.63, 3.8) is 0 Å². The number of carbonyl (C=O) groups excluding carboxylic acids is 1. The lowest BCUT2D eigenvalue weighted by molar-refractivity contribution is -0.128. The molecule has 0 saturated carbocycles. The fraction of sp³-hybridized carbons (Fsp3) is 0.462. The normalized spacial score (nSPS) is 19.8. The summed E-state index contributed by atoms with van der Waals surface area (Å²) in [5.74, 6) is 1.67. The van der Waals surface area contributed by atoms with Crippen LogP contribution in [0, 0.1) is 0 Å². The third-order valence-corrected chi connectivity index (χ3v) is 4.07. The third-order valence-electron chi connectivity index (χ3n) is 2.81. The molecule has 0 aromatic heterocycles. The van der Waals surface area contributed by atoms with Crippen LogP contribution in [0.3, 0.4) is 0 Å². The van der Waals surface area contributed by atoms with E-state index < -0.39 is 0 Å². The van der Waals surface area contributed by atoms with Crippen molar-refractivity contribution in [2.45, 2.75) is 18.7 Å². The van der Waals surface area contributed by atoms with Gasteiger partial charge < -0.3 is 9.64 Å². The molecule has 1 heterocycles. The molecule has 1 aliphatic heterocycles. The van der Waals surface area contributed by atoms with E-state index in [2.05, 4.69) is 13.0 Å². The van der Waals surface area contributed by atoms with Crippen molar-refractivity contribution in [3.05, 3.63) is 29.8 Å². The van der Waals surface area contributed by atoms with E-state index in [1.54, 1.807) is 18.9 Å². The van der Waals surface area contributed by atoms with Crippen LogP contribution in [-0.2, 0) is 4.79 Å². The summed E-state index contributed by atoms with van der Waals surface area (Å²) < 4.78 is 5.22. The highest BCUT2D eigenvalue weighted by atomic mass is 32.2. The van der Waals surface area contributed by atoms with E-state index in [0.29, 0.717) is 5.75 Å². The minimum atomic E-state index is 0.151. The lowest BCUT2D eigenvalue weighted by Gasteiger charge is -2.23. The molecular formula is C13H17NO2S. The standard InChI is InChI=1S/C13H17NO2S/c1-3-7-14-12(15)9-17-13(14)10-5-4-6-11(8-10)16-2/h4-6,8,13H,3,7,9H2,1-2H3. The van der Waals surface area contributed by atoms with Crippen LogP contribution in [0.2, 0.25) is 0 Å². The van der Waals surface area contributed by atoms with E-state index in [4.69, 9.17) is 4.74 Å². The van der Waals surface area contributed by atoms with Gasteiger partial charge in [0.1, 0.15) is 11.1 Å². The fourth-order valence-electron chi connectivity index (χ4n) is 2.01. The second-order valence-electron chi connectivity index (χ2n) is 4.03. The summed E-state index contributed by atoms with van der Waals surface area (Å²) in [7, 11) is 1.66. The predicted octanol–water partition coefficient (Wildman–Crippen LogP) is 2.68. The summed E-state index contributed by atoms with van der Waals surface area (Å²) in [4.78, 5) is 13.7. The van der Waals surface area contributed by atoms with Gasteiger partial charge in [0.2, 0.25) is 5.91 Å². The number of hydrogen-bond acceptors (Lipinski definition) is 3. The molecule has 2 rings (SSSR count). The zero-order chi connectivity index (χ0) is 12.3. The van der Waals surface area contributed by atoms with Crippen molar-refractivity contribution < 1.29 is 9.53 Å². The third kappa shape index (κ3) is 2.57. The Labute approximate surface area is 106 Å². The molecule has 17 heavy (non-hydrogen) atoms. The maximum atomic E-state index is 11.8. The molecule has 1 amide bonds. The first-order chi connectivity index (χ1) is 8.26. The van der Waals surface area contributed by atoms with Gasteiger partial charge in [-0.3, -0.25) is 4.79 Å². The highest BCUT2D eigenvalue weighted by molar-refractivity contribution is 8.00. The Morgan fingerprint density at radius 3 is 3.06 bits per heavy atom. The summed E-state index contributed by atoms with van der Waals surface area (Å²) in [6, 6.07) is 7.97. The van der Waals surface area contributed by atoms with Crippen molar-refractivity contribution in [1.82, 2.24) is 4.90 Å². The van der Waals surface area contributed by atoms with E-state index in [1.807, 2.05) is 23.1 Å². The molecule has 1 fully saturated rings. The molecule has 1 aromatic carbocycles. The van der Waals surface area contributed by atoms with Crippen molar-refractivity contribution in [2.75, 3.05) is 19.4 Å². The molecule has 3 nitrogen and oxygen atoms in total. The molecule has 92 valence electrons. The molecule has 1 aliphatic rings. The van der Waals surface area contributed by atoms with E-state index in [9.17, 15) is 4.79 Å². The fourth-order valence-corrected chi connectivity index (χ4v) is 3.22. The summed E-state index contributed by atoms with van der Waals surface area (Å²) in [6.07, 6.45) is 0.993. The van der Waals surface area contributed by atoms with Gasteiger partial charge in [0.05, 0.1) is 12.9 Å². The van der Waals surface area contributed by atoms with E-state index >= 15 is 0 Å². The van der Waals surface area contributed by atoms with Crippen LogP contribution in [0.15, 0.2) is 24.3 Å². The van der Waals surface area contributed by atoms with Gasteiger partial charge in [-0.05, 0) is 24.1 Å². The van der Waals surface area contributed by atoms with Crippen molar-refractivity contribution in [2.24, 2.45) is 0 Å². The minimum Gasteiger partial charge on any atom is -0.497 e. The Balaban J connectivity index is 2.22. The van der Waals surface area contributed by atoms with Gasteiger partial charge in [-0.1, -0.05) is 19.1 Å². The second-order valence-corrected chi connectivity index (χ2v) is 5.10. The number of rotatable bonds is 4. The van der Waals surface area contributed by atoms with Gasteiger partial charge in [-0.2, -0.15) is 0 Å². The van der Waals surface area contributed by atoms with Gasteiger partial charge in [0.15, 0.2) is 0 Å². The highest BCUT2D eigenvalue weighted by Gasteiger charge is 2.32. The summed E-state index contributed by atoms with van der Waals surface area (Å²) >= 11 is 1.69. The van der Waals surface area contributed by atoms with Gasteiger partial charge in [0, 0.05) is 6.54 Å². The van der Waals surface area contributed by atoms with Gasteiger partial charge in [0.25, 0.3) is 0 Å². The molecule has 0 aliphatic carbocycles. The molecule has 1 atom stereocenters. The van der Waals surface area contributed by atoms with Crippen LogP contribution >= 0.6 is 11.8 Å². The molecule has 0 radical (unpaired) electrons. The first-order valence-corrected chi connectivity index (χ1v) is 6.86. The first-order valence-electron chi connectivity index (χ1n) is 5.81. The lowest BCUT2D eigenvalue weighted by atomic mass is 10.2. The monoisotopic (exact) mass is 251 g/mol.